The average Bonchev–Trinajstić information content (AvgIpc) is 2.88. The van der Waals surface area contributed by atoms with E-state index in [-0.39, 0.29) is 335 Å². The molecule has 2 rings (SSSR count). The predicted molar refractivity (Wildman–Crippen MR) is 121 cm³/mol. The zero-order chi connectivity index (χ0) is 39.8. The molecule has 0 aliphatic rings. The van der Waals surface area contributed by atoms with Gasteiger partial charge < -0.3 is 89.4 Å². The van der Waals surface area contributed by atoms with E-state index in [1.165, 1.54) is 24.3 Å². The minimum Gasteiger partial charge on any atom is -0.565 e. The van der Waals surface area contributed by atoms with Crippen molar-refractivity contribution in [2.75, 3.05) is 0 Å². The van der Waals surface area contributed by atoms with E-state index < -0.39 is 60.5 Å². The molecule has 0 radical (unpaired) electrons. The minimum absolute atomic E-state index is 0. The number of alkyl halides is 6. The Hall–Kier alpha value is 3.93. The summed E-state index contributed by atoms with van der Waals surface area (Å²) in [5, 5.41) is 86.1. The molecule has 32 heteroatoms. The van der Waals surface area contributed by atoms with Gasteiger partial charge in [0.15, 0.2) is 0 Å². The van der Waals surface area contributed by atoms with E-state index in [9.17, 15) is 46.1 Å². The predicted octanol–water partition coefficient (Wildman–Crippen LogP) is -30.0. The van der Waals surface area contributed by atoms with Crippen molar-refractivity contribution in [2.24, 2.45) is 0 Å². The Morgan fingerprint density at radius 3 is 0.589 bits per heavy atom. The van der Waals surface area contributed by atoms with Crippen molar-refractivity contribution in [3.8, 4) is 0 Å². The van der Waals surface area contributed by atoms with Gasteiger partial charge in [-0.15, -0.1) is 0 Å². The van der Waals surface area contributed by atoms with E-state index in [0.29, 0.717) is 0 Å². The Morgan fingerprint density at radius 2 is 0.536 bits per heavy atom. The van der Waals surface area contributed by atoms with Gasteiger partial charge in [-0.2, -0.15) is 26.3 Å². The summed E-state index contributed by atoms with van der Waals surface area (Å²) in [4.78, 5) is 72.4. The van der Waals surface area contributed by atoms with Gasteiger partial charge in [-0.3, -0.25) is 0 Å². The van der Waals surface area contributed by atoms with Gasteiger partial charge in [-0.05, 0) is 25.0 Å². The maximum atomic E-state index is 10.5. The number of carbonyl (C=O) groups excluding carboxylic acids is 6. The van der Waals surface area contributed by atoms with Gasteiger partial charge in [0.25, 0.3) is 0 Å². The molecule has 0 atom stereocenters. The van der Waals surface area contributed by atoms with Crippen LogP contribution in [0.25, 0.3) is 0 Å². The summed E-state index contributed by atoms with van der Waals surface area (Å²) in [6.07, 6.45) is -14.6. The smallest absolute Gasteiger partial charge is 0.565 e. The van der Waals surface area contributed by atoms with Crippen LogP contribution < -0.4 is 365 Å². The molecule has 0 bridgehead atoms. The average molecular weight is 957 g/mol. The van der Waals surface area contributed by atoms with Gasteiger partial charge in [-0.25, -0.2) is 0 Å². The van der Waals surface area contributed by atoms with Crippen molar-refractivity contribution in [3.63, 3.8) is 0 Å². The molecule has 0 saturated heterocycles. The van der Waals surface area contributed by atoms with Crippen LogP contribution in [0.15, 0.2) is 60.7 Å². The van der Waals surface area contributed by atoms with Gasteiger partial charge >= 0.3 is 336 Å². The molecule has 0 fully saturated rings. The zero-order valence-corrected chi connectivity index (χ0v) is 52.0. The number of carboxylic acids is 6. The molecule has 0 aliphatic heterocycles. The molecule has 18 nitrogen and oxygen atoms in total. The van der Waals surface area contributed by atoms with Crippen LogP contribution in [0.2, 0.25) is 0 Å². The first-order valence-corrected chi connectivity index (χ1v) is 10.7. The number of halogens is 6. The second kappa shape index (κ2) is 63.2. The summed E-state index contributed by atoms with van der Waals surface area (Å²) < 4.78 is 63.1. The second-order valence-corrected chi connectivity index (χ2v) is 6.39. The Morgan fingerprint density at radius 1 is 0.429 bits per heavy atom. The van der Waals surface area contributed by atoms with Crippen molar-refractivity contribution in [1.82, 2.24) is 0 Å². The number of rotatable bonds is 2. The topological polar surface area (TPSA) is 361 Å². The van der Waals surface area contributed by atoms with Gasteiger partial charge in [0.1, 0.15) is 11.9 Å². The van der Waals surface area contributed by atoms with Crippen molar-refractivity contribution in [2.45, 2.75) is 26.2 Å². The molecule has 0 spiro atoms. The van der Waals surface area contributed by atoms with E-state index in [1.54, 1.807) is 36.4 Å². The Balaban J connectivity index is -0.0000000301. The first kappa shape index (κ1) is 98.7. The van der Waals surface area contributed by atoms with Crippen LogP contribution in [-0.4, -0.2) is 70.7 Å². The van der Waals surface area contributed by atoms with Crippen LogP contribution in [0.1, 0.15) is 34.6 Å². The number of benzene rings is 2. The number of carbonyl (C=O) groups is 8. The van der Waals surface area contributed by atoms with E-state index in [0.717, 1.165) is 13.8 Å². The monoisotopic (exact) mass is 956 g/mol. The molecule has 0 aromatic heterocycles. The van der Waals surface area contributed by atoms with Crippen LogP contribution in [0.5, 0.6) is 0 Å². The molecule has 0 heterocycles. The fourth-order valence-corrected chi connectivity index (χ4v) is 1.15. The molecule has 272 valence electrons. The fraction of sp³-hybridized carbons (Fsp3) is 0.167. The molecule has 0 amide bonds. The van der Waals surface area contributed by atoms with Gasteiger partial charge in [0, 0.05) is 11.9 Å². The number of hydrogen-bond acceptors (Lipinski definition) is 16. The minimum atomic E-state index is -5.19. The summed E-state index contributed by atoms with van der Waals surface area (Å²) in [5.41, 5.74) is 0.440. The maximum Gasteiger partial charge on any atom is 1.00 e. The van der Waals surface area contributed by atoms with Gasteiger partial charge in [0.2, 0.25) is 12.3 Å². The Labute approximate surface area is 571 Å². The fourth-order valence-electron chi connectivity index (χ4n) is 1.15. The largest absolute Gasteiger partial charge is 1.00 e. The third-order valence-corrected chi connectivity index (χ3v) is 2.48. The molecule has 56 heavy (non-hydrogen) atoms. The van der Waals surface area contributed by atoms with Crippen molar-refractivity contribution >= 4 is 48.1 Å². The molecular weight excluding hydrogens is 939 g/mol. The first-order valence-electron chi connectivity index (χ1n) is 10.7. The van der Waals surface area contributed by atoms with Gasteiger partial charge in [-0.1, -0.05) is 60.7 Å². The Kier molecular flexibility index (Phi) is 111. The van der Waals surface area contributed by atoms with Crippen LogP contribution in [0.3, 0.4) is 0 Å². The summed E-state index contributed by atoms with van der Waals surface area (Å²) in [7, 11) is 0. The molecule has 0 unspecified atom stereocenters. The van der Waals surface area contributed by atoms with Crippen molar-refractivity contribution < 1.29 is 440 Å². The standard InChI is InChI=1S/2C7H6O2.2C2HF3O2.2C2H4O2.2CH2O3.4K.4Na/c2*8-7(9)6-4-2-1-3-5-6;2*3-2(4,5)1(6)7;2*1-2(3)4;2*2-1(3)4;;;;;;;;/h2*1-5H,(H,8,9);2*(H,6,7);2*1H3,(H,3,4);2*(H2,2,3,4);;;;;;;;/q;;;;;;;;8*+1/p-8. The Bertz CT molecular complexity index is 1150. The quantitative estimate of drug-likeness (QED) is 0.208. The van der Waals surface area contributed by atoms with Crippen molar-refractivity contribution in [3.05, 3.63) is 71.8 Å². The van der Waals surface area contributed by atoms with Crippen LogP contribution in [-0.2, 0) is 19.2 Å². The third kappa shape index (κ3) is 118. The molecule has 0 aliphatic carbocycles. The van der Waals surface area contributed by atoms with Crippen LogP contribution >= 0.6 is 0 Å². The first-order chi connectivity index (χ1) is 21.4. The summed E-state index contributed by atoms with van der Waals surface area (Å²) in [5.74, 6) is -10.4. The molecular formula is C24H18F6K4Na4O18. The molecule has 2 N–H and O–H groups in total. The molecule has 2 aromatic rings. The van der Waals surface area contributed by atoms with E-state index in [1.807, 2.05) is 0 Å². The molecule has 2 aromatic carbocycles. The maximum absolute atomic E-state index is 10.5. The summed E-state index contributed by atoms with van der Waals surface area (Å²) >= 11 is 0. The van der Waals surface area contributed by atoms with Crippen LogP contribution in [0, 0.1) is 0 Å². The summed E-state index contributed by atoms with van der Waals surface area (Å²) in [6.45, 7) is 1.94. The normalized spacial score (nSPS) is 7.43. The SMILES string of the molecule is CC(=O)[O-].CC(=O)[O-].O=C([O-])C(F)(F)F.O=C([O-])C(F)(F)F.O=C([O-])O.O=C([O-])O.O=C([O-])c1ccccc1.O=C([O-])c1ccccc1.[K+].[K+].[K+].[K+].[Na+].[Na+].[Na+].[Na+]. The van der Waals surface area contributed by atoms with Gasteiger partial charge in [0.05, 0.1) is 11.9 Å². The number of aliphatic carboxylic acids is 4. The zero-order valence-electron chi connectivity index (χ0n) is 31.5. The molecule has 0 saturated carbocycles. The number of aromatic carboxylic acids is 2. The number of hydrogen-bond donors (Lipinski definition) is 2. The van der Waals surface area contributed by atoms with E-state index in [4.69, 9.17) is 69.6 Å². The number of carboxylic acid groups (broad SMARTS) is 10. The summed E-state index contributed by atoms with van der Waals surface area (Å²) in [6, 6.07) is 16.1. The van der Waals surface area contributed by atoms with Crippen LogP contribution in [0.4, 0.5) is 35.9 Å². The van der Waals surface area contributed by atoms with Crippen molar-refractivity contribution in [1.29, 1.82) is 0 Å². The second-order valence-electron chi connectivity index (χ2n) is 6.39. The third-order valence-electron chi connectivity index (χ3n) is 2.48. The van der Waals surface area contributed by atoms with E-state index >= 15 is 0 Å². The van der Waals surface area contributed by atoms with E-state index in [2.05, 4.69) is 0 Å².